The molecule has 0 radical (unpaired) electrons. The van der Waals surface area contributed by atoms with Gasteiger partial charge in [-0.05, 0) is 44.2 Å². The van der Waals surface area contributed by atoms with Gasteiger partial charge in [0, 0.05) is 6.54 Å². The van der Waals surface area contributed by atoms with Gasteiger partial charge < -0.3 is 10.5 Å². The summed E-state index contributed by atoms with van der Waals surface area (Å²) in [7, 11) is 0. The number of benzene rings is 2. The monoisotopic (exact) mass is 392 g/mol. The molecule has 2 N–H and O–H groups in total. The molecule has 0 spiro atoms. The second kappa shape index (κ2) is 6.99. The smallest absolute Gasteiger partial charge is 0.315 e. The first kappa shape index (κ1) is 19.6. The Balaban J connectivity index is 1.75. The largest absolute Gasteiger partial charge is 0.459 e. The highest BCUT2D eigenvalue weighted by molar-refractivity contribution is 5.93. The molecule has 1 aliphatic carbocycles. The number of nitrogens with zero attached hydrogens (tertiary/aromatic N) is 1. The number of carbonyl (C=O) groups is 2. The Morgan fingerprint density at radius 1 is 1.03 bits per heavy atom. The lowest BCUT2D eigenvalue weighted by Gasteiger charge is -2.36. The number of nitrogens with two attached hydrogens (primary N) is 1. The fraction of sp³-hybridized carbons (Fsp3) is 0.417. The number of piperidine rings is 1. The number of amides is 1. The highest BCUT2D eigenvalue weighted by Gasteiger charge is 2.74. The summed E-state index contributed by atoms with van der Waals surface area (Å²) >= 11 is 0. The summed E-state index contributed by atoms with van der Waals surface area (Å²) < 4.78 is 5.71. The Morgan fingerprint density at radius 3 is 2.00 bits per heavy atom. The second-order valence-electron chi connectivity index (χ2n) is 9.17. The van der Waals surface area contributed by atoms with Crippen molar-refractivity contribution in [3.05, 3.63) is 71.8 Å². The van der Waals surface area contributed by atoms with Crippen molar-refractivity contribution in [2.75, 3.05) is 6.54 Å². The zero-order chi connectivity index (χ0) is 20.8. The van der Waals surface area contributed by atoms with E-state index in [1.807, 2.05) is 57.2 Å². The summed E-state index contributed by atoms with van der Waals surface area (Å²) in [6.45, 7) is 6.19. The van der Waals surface area contributed by atoms with Crippen molar-refractivity contribution in [2.45, 2.75) is 44.9 Å². The SMILES string of the molecule is CC(C)(C)OC(=O)C12CC1CN(C(c1ccccc1)c1ccccc1)C2C(N)=O. The first-order chi connectivity index (χ1) is 13.7. The van der Waals surface area contributed by atoms with Gasteiger partial charge in [0.05, 0.1) is 11.5 Å². The zero-order valence-electron chi connectivity index (χ0n) is 17.2. The van der Waals surface area contributed by atoms with Gasteiger partial charge in [0.2, 0.25) is 5.91 Å². The maximum atomic E-state index is 13.1. The molecule has 0 bridgehead atoms. The first-order valence-electron chi connectivity index (χ1n) is 10.1. The number of esters is 1. The highest BCUT2D eigenvalue weighted by Crippen LogP contribution is 2.64. The molecule has 5 nitrogen and oxygen atoms in total. The van der Waals surface area contributed by atoms with Gasteiger partial charge in [-0.15, -0.1) is 0 Å². The zero-order valence-corrected chi connectivity index (χ0v) is 17.2. The molecule has 5 heteroatoms. The van der Waals surface area contributed by atoms with Crippen LogP contribution >= 0.6 is 0 Å². The van der Waals surface area contributed by atoms with Crippen molar-refractivity contribution in [1.82, 2.24) is 4.90 Å². The van der Waals surface area contributed by atoms with Crippen molar-refractivity contribution in [1.29, 1.82) is 0 Å². The van der Waals surface area contributed by atoms with E-state index in [9.17, 15) is 9.59 Å². The molecule has 152 valence electrons. The van der Waals surface area contributed by atoms with Gasteiger partial charge in [-0.1, -0.05) is 60.7 Å². The van der Waals surface area contributed by atoms with E-state index in [4.69, 9.17) is 10.5 Å². The predicted octanol–water partition coefficient (Wildman–Crippen LogP) is 3.29. The van der Waals surface area contributed by atoms with Gasteiger partial charge in [0.25, 0.3) is 0 Å². The lowest BCUT2D eigenvalue weighted by Crippen LogP contribution is -2.51. The van der Waals surface area contributed by atoms with Crippen molar-refractivity contribution < 1.29 is 14.3 Å². The summed E-state index contributed by atoms with van der Waals surface area (Å²) in [5, 5.41) is 0. The van der Waals surface area contributed by atoms with E-state index >= 15 is 0 Å². The standard InChI is InChI=1S/C24H28N2O3/c1-23(2,3)29-22(28)24-14-18(24)15-26(20(24)21(25)27)19(16-10-6-4-7-11-16)17-12-8-5-9-13-17/h4-13,18-20H,14-15H2,1-3H3,(H2,25,27). The molecule has 2 aromatic rings. The third kappa shape index (κ3) is 3.44. The predicted molar refractivity (Wildman–Crippen MR) is 111 cm³/mol. The number of primary amides is 1. The molecule has 29 heavy (non-hydrogen) atoms. The van der Waals surface area contributed by atoms with Crippen molar-refractivity contribution in [3.63, 3.8) is 0 Å². The number of rotatable bonds is 5. The Labute approximate surface area is 171 Å². The van der Waals surface area contributed by atoms with Crippen LogP contribution in [0, 0.1) is 11.3 Å². The van der Waals surface area contributed by atoms with E-state index < -0.39 is 23.0 Å². The van der Waals surface area contributed by atoms with Gasteiger partial charge in [-0.3, -0.25) is 14.5 Å². The fourth-order valence-electron chi connectivity index (χ4n) is 4.82. The summed E-state index contributed by atoms with van der Waals surface area (Å²) in [4.78, 5) is 27.9. The number of carbonyl (C=O) groups excluding carboxylic acids is 2. The third-order valence-electron chi connectivity index (χ3n) is 6.01. The van der Waals surface area contributed by atoms with E-state index in [0.29, 0.717) is 13.0 Å². The van der Waals surface area contributed by atoms with Gasteiger partial charge in [0.1, 0.15) is 11.6 Å². The first-order valence-corrected chi connectivity index (χ1v) is 10.1. The van der Waals surface area contributed by atoms with Gasteiger partial charge in [0.15, 0.2) is 0 Å². The van der Waals surface area contributed by atoms with E-state index in [-0.39, 0.29) is 17.9 Å². The number of fused-ring (bicyclic) bond motifs is 1. The normalized spacial score (nSPS) is 26.2. The van der Waals surface area contributed by atoms with Crippen LogP contribution in [0.4, 0.5) is 0 Å². The molecule has 1 aliphatic heterocycles. The third-order valence-corrected chi connectivity index (χ3v) is 6.01. The molecule has 1 heterocycles. The summed E-state index contributed by atoms with van der Waals surface area (Å²) in [6.07, 6.45) is 0.655. The maximum Gasteiger partial charge on any atom is 0.315 e. The Hall–Kier alpha value is -2.66. The quantitative estimate of drug-likeness (QED) is 0.793. The van der Waals surface area contributed by atoms with E-state index in [2.05, 4.69) is 29.2 Å². The molecule has 1 saturated carbocycles. The Morgan fingerprint density at radius 2 is 1.55 bits per heavy atom. The molecule has 1 saturated heterocycles. The molecule has 1 amide bonds. The number of likely N-dealkylation sites (tertiary alicyclic amines) is 1. The number of hydrogen-bond acceptors (Lipinski definition) is 4. The van der Waals surface area contributed by atoms with Crippen LogP contribution < -0.4 is 5.73 Å². The lowest BCUT2D eigenvalue weighted by atomic mass is 9.91. The topological polar surface area (TPSA) is 72.6 Å². The maximum absolute atomic E-state index is 13.1. The van der Waals surface area contributed by atoms with Gasteiger partial charge in [-0.2, -0.15) is 0 Å². The van der Waals surface area contributed by atoms with Crippen LogP contribution in [0.5, 0.6) is 0 Å². The molecule has 4 rings (SSSR count). The van der Waals surface area contributed by atoms with Crippen LogP contribution in [0.15, 0.2) is 60.7 Å². The average Bonchev–Trinajstić information content (AvgIpc) is 3.28. The minimum absolute atomic E-state index is 0.0878. The van der Waals surface area contributed by atoms with E-state index in [1.54, 1.807) is 0 Å². The average molecular weight is 392 g/mol. The van der Waals surface area contributed by atoms with Crippen LogP contribution in [0.1, 0.15) is 44.4 Å². The van der Waals surface area contributed by atoms with Crippen LogP contribution in [0.25, 0.3) is 0 Å². The van der Waals surface area contributed by atoms with E-state index in [0.717, 1.165) is 11.1 Å². The Kier molecular flexibility index (Phi) is 4.74. The van der Waals surface area contributed by atoms with Crippen LogP contribution in [0.2, 0.25) is 0 Å². The van der Waals surface area contributed by atoms with Crippen LogP contribution in [-0.4, -0.2) is 35.0 Å². The molecule has 2 fully saturated rings. The second-order valence-corrected chi connectivity index (χ2v) is 9.17. The molecular weight excluding hydrogens is 364 g/mol. The molecule has 2 aliphatic rings. The summed E-state index contributed by atoms with van der Waals surface area (Å²) in [5.41, 5.74) is 6.61. The van der Waals surface area contributed by atoms with Crippen molar-refractivity contribution in [2.24, 2.45) is 17.1 Å². The minimum atomic E-state index is -0.832. The molecular formula is C24H28N2O3. The lowest BCUT2D eigenvalue weighted by molar-refractivity contribution is -0.165. The summed E-state index contributed by atoms with van der Waals surface area (Å²) in [5.74, 6) is -0.682. The van der Waals surface area contributed by atoms with Gasteiger partial charge in [-0.25, -0.2) is 0 Å². The number of hydrogen-bond donors (Lipinski definition) is 1. The van der Waals surface area contributed by atoms with Crippen molar-refractivity contribution >= 4 is 11.9 Å². The highest BCUT2D eigenvalue weighted by atomic mass is 16.6. The summed E-state index contributed by atoms with van der Waals surface area (Å²) in [6, 6.07) is 19.3. The van der Waals surface area contributed by atoms with Crippen molar-refractivity contribution in [3.8, 4) is 0 Å². The van der Waals surface area contributed by atoms with E-state index in [1.165, 1.54) is 0 Å². The molecule has 2 aromatic carbocycles. The molecule has 0 aromatic heterocycles. The van der Waals surface area contributed by atoms with Crippen LogP contribution in [-0.2, 0) is 14.3 Å². The fourth-order valence-corrected chi connectivity index (χ4v) is 4.82. The van der Waals surface area contributed by atoms with Crippen LogP contribution in [0.3, 0.4) is 0 Å². The van der Waals surface area contributed by atoms with Gasteiger partial charge >= 0.3 is 5.97 Å². The Bertz CT molecular complexity index is 867. The molecule has 3 unspecified atom stereocenters. The molecule has 3 atom stereocenters. The number of ether oxygens (including phenoxy) is 1. The minimum Gasteiger partial charge on any atom is -0.459 e.